The molecule has 28 heavy (non-hydrogen) atoms. The van der Waals surface area contributed by atoms with Crippen LogP contribution < -0.4 is 10.6 Å². The van der Waals surface area contributed by atoms with Crippen LogP contribution in [0.2, 0.25) is 0 Å². The molecule has 0 unspecified atom stereocenters. The number of benzene rings is 2. The Kier molecular flexibility index (Phi) is 5.73. The summed E-state index contributed by atoms with van der Waals surface area (Å²) in [7, 11) is 0. The van der Waals surface area contributed by atoms with Crippen molar-refractivity contribution in [3.8, 4) is 0 Å². The lowest BCUT2D eigenvalue weighted by molar-refractivity contribution is 0.102. The molecule has 0 aliphatic carbocycles. The number of amides is 1. The summed E-state index contributed by atoms with van der Waals surface area (Å²) < 4.78 is 0. The highest BCUT2D eigenvalue weighted by Crippen LogP contribution is 2.24. The predicted octanol–water partition coefficient (Wildman–Crippen LogP) is 5.33. The Balaban J connectivity index is 1.63. The molecule has 5 heteroatoms. The Bertz CT molecular complexity index is 924. The first-order valence-electron chi connectivity index (χ1n) is 9.45. The second-order valence-corrected chi connectivity index (χ2v) is 7.75. The zero-order chi connectivity index (χ0) is 20.1. The van der Waals surface area contributed by atoms with Crippen molar-refractivity contribution in [3.05, 3.63) is 77.6 Å². The summed E-state index contributed by atoms with van der Waals surface area (Å²) in [6, 6.07) is 16.0. The SMILES string of the molecule is CCc1ccc(NC(=O)c2cnc(Nc3ccc(C(C)(C)C)cc3)nc2)cc1. The fraction of sp³-hybridized carbons (Fsp3) is 0.261. The van der Waals surface area contributed by atoms with Gasteiger partial charge in [0.15, 0.2) is 0 Å². The van der Waals surface area contributed by atoms with Crippen molar-refractivity contribution in [2.75, 3.05) is 10.6 Å². The number of rotatable bonds is 5. The number of aryl methyl sites for hydroxylation is 1. The van der Waals surface area contributed by atoms with E-state index in [1.807, 2.05) is 36.4 Å². The molecule has 2 N–H and O–H groups in total. The van der Waals surface area contributed by atoms with Gasteiger partial charge in [0.05, 0.1) is 5.56 Å². The number of anilines is 3. The smallest absolute Gasteiger partial charge is 0.258 e. The minimum absolute atomic E-state index is 0.112. The third-order valence-electron chi connectivity index (χ3n) is 4.54. The first-order valence-corrected chi connectivity index (χ1v) is 9.45. The number of nitrogens with one attached hydrogen (secondary N) is 2. The first-order chi connectivity index (χ1) is 13.3. The van der Waals surface area contributed by atoms with Crippen molar-refractivity contribution in [2.45, 2.75) is 39.5 Å². The van der Waals surface area contributed by atoms with E-state index in [2.05, 4.69) is 60.4 Å². The second kappa shape index (κ2) is 8.21. The molecule has 0 bridgehead atoms. The van der Waals surface area contributed by atoms with Crippen LogP contribution in [0.3, 0.4) is 0 Å². The Morgan fingerprint density at radius 2 is 1.46 bits per heavy atom. The lowest BCUT2D eigenvalue weighted by Gasteiger charge is -2.19. The van der Waals surface area contributed by atoms with Gasteiger partial charge in [-0.2, -0.15) is 0 Å². The molecule has 1 heterocycles. The van der Waals surface area contributed by atoms with Crippen LogP contribution in [0.5, 0.6) is 0 Å². The maximum Gasteiger partial charge on any atom is 0.258 e. The van der Waals surface area contributed by atoms with Gasteiger partial charge in [-0.3, -0.25) is 4.79 Å². The normalized spacial score (nSPS) is 11.1. The highest BCUT2D eigenvalue weighted by atomic mass is 16.1. The van der Waals surface area contributed by atoms with Crippen LogP contribution in [-0.2, 0) is 11.8 Å². The van der Waals surface area contributed by atoms with Gasteiger partial charge in [-0.15, -0.1) is 0 Å². The van der Waals surface area contributed by atoms with Crippen LogP contribution in [0.25, 0.3) is 0 Å². The molecular formula is C23H26N4O. The van der Waals surface area contributed by atoms with Crippen molar-refractivity contribution >= 4 is 23.2 Å². The second-order valence-electron chi connectivity index (χ2n) is 7.75. The number of carbonyl (C=O) groups is 1. The number of hydrogen-bond acceptors (Lipinski definition) is 4. The van der Waals surface area contributed by atoms with Gasteiger partial charge in [0.25, 0.3) is 5.91 Å². The van der Waals surface area contributed by atoms with Crippen molar-refractivity contribution in [2.24, 2.45) is 0 Å². The predicted molar refractivity (Wildman–Crippen MR) is 114 cm³/mol. The molecule has 2 aromatic carbocycles. The number of nitrogens with zero attached hydrogens (tertiary/aromatic N) is 2. The summed E-state index contributed by atoms with van der Waals surface area (Å²) in [6.45, 7) is 8.64. The maximum absolute atomic E-state index is 12.4. The van der Waals surface area contributed by atoms with Crippen molar-refractivity contribution in [1.82, 2.24) is 9.97 Å². The van der Waals surface area contributed by atoms with E-state index in [-0.39, 0.29) is 11.3 Å². The molecule has 1 amide bonds. The summed E-state index contributed by atoms with van der Waals surface area (Å²) in [5.74, 6) is 0.220. The quantitative estimate of drug-likeness (QED) is 0.633. The fourth-order valence-electron chi connectivity index (χ4n) is 2.72. The molecule has 0 saturated heterocycles. The molecule has 144 valence electrons. The number of hydrogen-bond donors (Lipinski definition) is 2. The van der Waals surface area contributed by atoms with Crippen LogP contribution in [-0.4, -0.2) is 15.9 Å². The highest BCUT2D eigenvalue weighted by molar-refractivity contribution is 6.03. The van der Waals surface area contributed by atoms with Gasteiger partial charge in [-0.25, -0.2) is 9.97 Å². The molecule has 0 fully saturated rings. The molecule has 3 rings (SSSR count). The van der Waals surface area contributed by atoms with Crippen molar-refractivity contribution in [3.63, 3.8) is 0 Å². The monoisotopic (exact) mass is 374 g/mol. The van der Waals surface area contributed by atoms with Gasteiger partial charge < -0.3 is 10.6 Å². The minimum atomic E-state index is -0.231. The van der Waals surface area contributed by atoms with E-state index in [4.69, 9.17) is 0 Å². The van der Waals surface area contributed by atoms with E-state index in [0.717, 1.165) is 17.8 Å². The van der Waals surface area contributed by atoms with Gasteiger partial charge in [-0.1, -0.05) is 52.0 Å². The Morgan fingerprint density at radius 3 is 2.00 bits per heavy atom. The maximum atomic E-state index is 12.4. The molecule has 5 nitrogen and oxygen atoms in total. The zero-order valence-electron chi connectivity index (χ0n) is 16.8. The standard InChI is InChI=1S/C23H26N4O/c1-5-16-6-10-19(11-7-16)26-21(28)17-14-24-22(25-15-17)27-20-12-8-18(9-13-20)23(2,3)4/h6-15H,5H2,1-4H3,(H,26,28)(H,24,25,27). The first kappa shape index (κ1) is 19.5. The summed E-state index contributed by atoms with van der Waals surface area (Å²) in [5.41, 5.74) is 4.67. The molecular weight excluding hydrogens is 348 g/mol. The van der Waals surface area contributed by atoms with E-state index >= 15 is 0 Å². The molecule has 0 aliphatic heterocycles. The molecule has 1 aromatic heterocycles. The fourth-order valence-corrected chi connectivity index (χ4v) is 2.72. The van der Waals surface area contributed by atoms with Gasteiger partial charge in [0, 0.05) is 23.8 Å². The third-order valence-corrected chi connectivity index (χ3v) is 4.54. The third kappa shape index (κ3) is 4.94. The van der Waals surface area contributed by atoms with Crippen LogP contribution in [0.4, 0.5) is 17.3 Å². The van der Waals surface area contributed by atoms with E-state index < -0.39 is 0 Å². The van der Waals surface area contributed by atoms with E-state index in [0.29, 0.717) is 11.5 Å². The van der Waals surface area contributed by atoms with Gasteiger partial charge in [-0.05, 0) is 47.2 Å². The molecule has 0 aliphatic rings. The zero-order valence-corrected chi connectivity index (χ0v) is 16.8. The van der Waals surface area contributed by atoms with E-state index in [9.17, 15) is 4.79 Å². The van der Waals surface area contributed by atoms with Crippen LogP contribution in [0.1, 0.15) is 49.2 Å². The van der Waals surface area contributed by atoms with Gasteiger partial charge in [0.2, 0.25) is 5.95 Å². The molecule has 3 aromatic rings. The Morgan fingerprint density at radius 1 is 0.893 bits per heavy atom. The number of carbonyl (C=O) groups excluding carboxylic acids is 1. The lowest BCUT2D eigenvalue weighted by Crippen LogP contribution is -2.13. The average molecular weight is 374 g/mol. The summed E-state index contributed by atoms with van der Waals surface area (Å²) in [4.78, 5) is 20.9. The summed E-state index contributed by atoms with van der Waals surface area (Å²) in [5, 5.41) is 6.02. The van der Waals surface area contributed by atoms with Crippen LogP contribution in [0, 0.1) is 0 Å². The topological polar surface area (TPSA) is 66.9 Å². The van der Waals surface area contributed by atoms with E-state index in [1.54, 1.807) is 0 Å². The molecule has 0 radical (unpaired) electrons. The van der Waals surface area contributed by atoms with E-state index in [1.165, 1.54) is 23.5 Å². The highest BCUT2D eigenvalue weighted by Gasteiger charge is 2.13. The van der Waals surface area contributed by atoms with Crippen LogP contribution in [0.15, 0.2) is 60.9 Å². The minimum Gasteiger partial charge on any atom is -0.324 e. The lowest BCUT2D eigenvalue weighted by atomic mass is 9.87. The summed E-state index contributed by atoms with van der Waals surface area (Å²) >= 11 is 0. The Hall–Kier alpha value is -3.21. The van der Waals surface area contributed by atoms with Gasteiger partial charge >= 0.3 is 0 Å². The van der Waals surface area contributed by atoms with Crippen molar-refractivity contribution in [1.29, 1.82) is 0 Å². The van der Waals surface area contributed by atoms with Gasteiger partial charge in [0.1, 0.15) is 0 Å². The molecule has 0 saturated carbocycles. The largest absolute Gasteiger partial charge is 0.324 e. The molecule has 0 atom stereocenters. The van der Waals surface area contributed by atoms with Crippen LogP contribution >= 0.6 is 0 Å². The Labute approximate surface area is 166 Å². The average Bonchev–Trinajstić information content (AvgIpc) is 2.69. The molecule has 0 spiro atoms. The summed E-state index contributed by atoms with van der Waals surface area (Å²) in [6.07, 6.45) is 4.01. The van der Waals surface area contributed by atoms with Crippen molar-refractivity contribution < 1.29 is 4.79 Å². The number of aromatic nitrogens is 2.